The first-order chi connectivity index (χ1) is 9.10. The molecule has 5 heteroatoms. The van der Waals surface area contributed by atoms with Crippen LogP contribution in [0.5, 0.6) is 5.75 Å². The monoisotopic (exact) mass is 284 g/mol. The lowest BCUT2D eigenvalue weighted by atomic mass is 9.99. The van der Waals surface area contributed by atoms with Crippen molar-refractivity contribution in [3.05, 3.63) is 22.2 Å². The van der Waals surface area contributed by atoms with E-state index in [1.807, 2.05) is 13.0 Å². The topological polar surface area (TPSA) is 58.7 Å². The van der Waals surface area contributed by atoms with Gasteiger partial charge in [0.15, 0.2) is 0 Å². The highest BCUT2D eigenvalue weighted by Crippen LogP contribution is 2.41. The van der Waals surface area contributed by atoms with Crippen LogP contribution in [0.3, 0.4) is 0 Å². The maximum Gasteiger partial charge on any atom is 0.145 e. The standard InChI is InChI=1S/C14H21ClN2O2/c1-9-13(11(16)8-18)10(15)7-12(14(9)19-2)17-5-3-4-6-17/h7,11,18H,3-6,8,16H2,1-2H3/t11-/m0/s1. The predicted octanol–water partition coefficient (Wildman–Crippen LogP) is 2.25. The highest BCUT2D eigenvalue weighted by molar-refractivity contribution is 6.32. The molecule has 0 unspecified atom stereocenters. The van der Waals surface area contributed by atoms with Gasteiger partial charge in [-0.05, 0) is 37.0 Å². The van der Waals surface area contributed by atoms with Crippen LogP contribution in [0.2, 0.25) is 5.02 Å². The van der Waals surface area contributed by atoms with Gasteiger partial charge >= 0.3 is 0 Å². The smallest absolute Gasteiger partial charge is 0.145 e. The molecule has 1 aromatic rings. The summed E-state index contributed by atoms with van der Waals surface area (Å²) in [5.41, 5.74) is 8.63. The highest BCUT2D eigenvalue weighted by Gasteiger charge is 2.23. The summed E-state index contributed by atoms with van der Waals surface area (Å²) in [6.45, 7) is 3.86. The molecule has 1 fully saturated rings. The Hall–Kier alpha value is -0.970. The SMILES string of the molecule is COc1c(N2CCCC2)cc(Cl)c([C@@H](N)CO)c1C. The van der Waals surface area contributed by atoms with Crippen LogP contribution in [0.25, 0.3) is 0 Å². The van der Waals surface area contributed by atoms with Crippen LogP contribution in [0.4, 0.5) is 5.69 Å². The first kappa shape index (κ1) is 14.4. The Morgan fingerprint density at radius 2 is 2.11 bits per heavy atom. The molecule has 1 aliphatic heterocycles. The molecular formula is C14H21ClN2O2. The van der Waals surface area contributed by atoms with E-state index >= 15 is 0 Å². The second-order valence-corrected chi connectivity index (χ2v) is 5.34. The van der Waals surface area contributed by atoms with Crippen LogP contribution >= 0.6 is 11.6 Å². The summed E-state index contributed by atoms with van der Waals surface area (Å²) in [5, 5.41) is 9.85. The Kier molecular flexibility index (Phi) is 4.55. The minimum absolute atomic E-state index is 0.132. The van der Waals surface area contributed by atoms with Gasteiger partial charge in [0.05, 0.1) is 25.4 Å². The van der Waals surface area contributed by atoms with Gasteiger partial charge in [-0.25, -0.2) is 0 Å². The number of anilines is 1. The number of benzene rings is 1. The lowest BCUT2D eigenvalue weighted by molar-refractivity contribution is 0.267. The van der Waals surface area contributed by atoms with Crippen molar-refractivity contribution in [2.75, 3.05) is 31.7 Å². The van der Waals surface area contributed by atoms with Gasteiger partial charge in [-0.15, -0.1) is 0 Å². The van der Waals surface area contributed by atoms with Crippen LogP contribution in [0.15, 0.2) is 6.07 Å². The number of aliphatic hydroxyl groups is 1. The van der Waals surface area contributed by atoms with Crippen molar-refractivity contribution >= 4 is 17.3 Å². The van der Waals surface area contributed by atoms with Gasteiger partial charge in [0.25, 0.3) is 0 Å². The molecule has 0 spiro atoms. The highest BCUT2D eigenvalue weighted by atomic mass is 35.5. The number of methoxy groups -OCH3 is 1. The predicted molar refractivity (Wildman–Crippen MR) is 78.2 cm³/mol. The van der Waals surface area contributed by atoms with Gasteiger partial charge in [-0.3, -0.25) is 0 Å². The van der Waals surface area contributed by atoms with E-state index in [1.54, 1.807) is 7.11 Å². The molecular weight excluding hydrogens is 264 g/mol. The van der Waals surface area contributed by atoms with Crippen molar-refractivity contribution in [2.45, 2.75) is 25.8 Å². The fourth-order valence-corrected chi connectivity index (χ4v) is 3.14. The zero-order chi connectivity index (χ0) is 14.0. The van der Waals surface area contributed by atoms with Crippen LogP contribution in [0.1, 0.15) is 30.0 Å². The molecule has 1 atom stereocenters. The van der Waals surface area contributed by atoms with Gasteiger partial charge in [0.1, 0.15) is 5.75 Å². The quantitative estimate of drug-likeness (QED) is 0.890. The largest absolute Gasteiger partial charge is 0.494 e. The number of nitrogens with zero attached hydrogens (tertiary/aromatic N) is 1. The van der Waals surface area contributed by atoms with Crippen LogP contribution in [0, 0.1) is 6.92 Å². The Morgan fingerprint density at radius 1 is 1.47 bits per heavy atom. The van der Waals surface area contributed by atoms with Gasteiger partial charge in [0, 0.05) is 18.1 Å². The fourth-order valence-electron chi connectivity index (χ4n) is 2.75. The second-order valence-electron chi connectivity index (χ2n) is 4.93. The summed E-state index contributed by atoms with van der Waals surface area (Å²) in [6, 6.07) is 1.43. The number of ether oxygens (including phenoxy) is 1. The molecule has 1 aliphatic rings. The van der Waals surface area contributed by atoms with Gasteiger partial charge in [0.2, 0.25) is 0 Å². The normalized spacial score (nSPS) is 16.8. The van der Waals surface area contributed by atoms with E-state index < -0.39 is 6.04 Å². The minimum Gasteiger partial charge on any atom is -0.494 e. The number of nitrogens with two attached hydrogens (primary N) is 1. The lowest BCUT2D eigenvalue weighted by Gasteiger charge is -2.25. The molecule has 1 saturated heterocycles. The van der Waals surface area contributed by atoms with E-state index in [4.69, 9.17) is 22.1 Å². The van der Waals surface area contributed by atoms with E-state index in [-0.39, 0.29) is 6.61 Å². The summed E-state index contributed by atoms with van der Waals surface area (Å²) in [5.74, 6) is 0.810. The summed E-state index contributed by atoms with van der Waals surface area (Å²) in [4.78, 5) is 2.28. The molecule has 4 nitrogen and oxygen atoms in total. The lowest BCUT2D eigenvalue weighted by Crippen LogP contribution is -2.21. The van der Waals surface area contributed by atoms with Crippen molar-refractivity contribution in [3.63, 3.8) is 0 Å². The fraction of sp³-hybridized carbons (Fsp3) is 0.571. The Morgan fingerprint density at radius 3 is 2.63 bits per heavy atom. The van der Waals surface area contributed by atoms with E-state index in [9.17, 15) is 5.11 Å². The van der Waals surface area contributed by atoms with E-state index in [0.717, 1.165) is 35.7 Å². The van der Waals surface area contributed by atoms with E-state index in [0.29, 0.717) is 5.02 Å². The molecule has 0 aromatic heterocycles. The maximum absolute atomic E-state index is 9.25. The molecule has 0 aliphatic carbocycles. The second kappa shape index (κ2) is 5.99. The average Bonchev–Trinajstić information content (AvgIpc) is 2.91. The molecule has 2 rings (SSSR count). The van der Waals surface area contributed by atoms with Crippen molar-refractivity contribution in [1.29, 1.82) is 0 Å². The summed E-state index contributed by atoms with van der Waals surface area (Å²) in [6.07, 6.45) is 2.38. The van der Waals surface area contributed by atoms with Crippen molar-refractivity contribution in [2.24, 2.45) is 5.73 Å². The van der Waals surface area contributed by atoms with Gasteiger partial charge < -0.3 is 20.5 Å². The third-order valence-electron chi connectivity index (χ3n) is 3.72. The van der Waals surface area contributed by atoms with Gasteiger partial charge in [-0.1, -0.05) is 11.6 Å². The van der Waals surface area contributed by atoms with Crippen LogP contribution in [-0.2, 0) is 0 Å². The minimum atomic E-state index is -0.478. The molecule has 0 radical (unpaired) electrons. The molecule has 1 aromatic carbocycles. The molecule has 1 heterocycles. The number of hydrogen-bond acceptors (Lipinski definition) is 4. The Labute approximate surface area is 119 Å². The summed E-state index contributed by atoms with van der Waals surface area (Å²) >= 11 is 6.34. The number of hydrogen-bond donors (Lipinski definition) is 2. The first-order valence-corrected chi connectivity index (χ1v) is 6.96. The van der Waals surface area contributed by atoms with Gasteiger partial charge in [-0.2, -0.15) is 0 Å². The van der Waals surface area contributed by atoms with E-state index in [1.165, 1.54) is 12.8 Å². The molecule has 3 N–H and O–H groups in total. The number of aliphatic hydroxyl groups excluding tert-OH is 1. The zero-order valence-electron chi connectivity index (χ0n) is 11.4. The van der Waals surface area contributed by atoms with Crippen LogP contribution in [-0.4, -0.2) is 31.9 Å². The molecule has 0 bridgehead atoms. The third-order valence-corrected chi connectivity index (χ3v) is 4.03. The zero-order valence-corrected chi connectivity index (χ0v) is 12.2. The first-order valence-electron chi connectivity index (χ1n) is 6.58. The van der Waals surface area contributed by atoms with Crippen molar-refractivity contribution in [3.8, 4) is 5.75 Å². The molecule has 0 saturated carbocycles. The Bertz CT molecular complexity index is 459. The molecule has 0 amide bonds. The number of rotatable bonds is 4. The summed E-state index contributed by atoms with van der Waals surface area (Å²) < 4.78 is 5.54. The molecule has 19 heavy (non-hydrogen) atoms. The third kappa shape index (κ3) is 2.66. The van der Waals surface area contributed by atoms with Crippen molar-refractivity contribution in [1.82, 2.24) is 0 Å². The van der Waals surface area contributed by atoms with Crippen LogP contribution < -0.4 is 15.4 Å². The average molecular weight is 285 g/mol. The summed E-state index contributed by atoms with van der Waals surface area (Å²) in [7, 11) is 1.66. The molecule has 106 valence electrons. The maximum atomic E-state index is 9.25. The van der Waals surface area contributed by atoms with Crippen molar-refractivity contribution < 1.29 is 9.84 Å². The number of halogens is 1. The Balaban J connectivity index is 2.51. The van der Waals surface area contributed by atoms with E-state index in [2.05, 4.69) is 4.90 Å².